The van der Waals surface area contributed by atoms with E-state index in [0.717, 1.165) is 12.3 Å². The van der Waals surface area contributed by atoms with Gasteiger partial charge in [-0.15, -0.1) is 0 Å². The molecule has 0 aliphatic heterocycles. The van der Waals surface area contributed by atoms with Crippen LogP contribution in [0.2, 0.25) is 0 Å². The zero-order valence-corrected chi connectivity index (χ0v) is 19.9. The number of ether oxygens (including phenoxy) is 2. The van der Waals surface area contributed by atoms with Crippen LogP contribution in [-0.4, -0.2) is 24.6 Å². The molecule has 0 aromatic heterocycles. The molecule has 4 unspecified atom stereocenters. The fourth-order valence-electron chi connectivity index (χ4n) is 4.94. The van der Waals surface area contributed by atoms with Crippen molar-refractivity contribution in [3.8, 4) is 0 Å². The Morgan fingerprint density at radius 3 is 2.34 bits per heavy atom. The summed E-state index contributed by atoms with van der Waals surface area (Å²) < 4.78 is 11.1. The molecule has 1 fully saturated rings. The van der Waals surface area contributed by atoms with Gasteiger partial charge in [-0.25, -0.2) is 4.79 Å². The molecular formula is C25H42O4. The maximum Gasteiger partial charge on any atom is 0.344 e. The molecule has 0 aromatic carbocycles. The molecular weight excluding hydrogens is 364 g/mol. The molecule has 2 bridgehead atoms. The third-order valence-electron chi connectivity index (χ3n) is 6.95. The summed E-state index contributed by atoms with van der Waals surface area (Å²) in [5, 5.41) is 0. The van der Waals surface area contributed by atoms with E-state index in [4.69, 9.17) is 9.47 Å². The maximum absolute atomic E-state index is 13.0. The summed E-state index contributed by atoms with van der Waals surface area (Å²) in [6.07, 6.45) is 8.88. The highest BCUT2D eigenvalue weighted by atomic mass is 16.6. The molecule has 0 amide bonds. The summed E-state index contributed by atoms with van der Waals surface area (Å²) in [7, 11) is 0. The van der Waals surface area contributed by atoms with E-state index in [0.29, 0.717) is 6.42 Å². The highest BCUT2D eigenvalue weighted by Gasteiger charge is 2.48. The number of hydrogen-bond acceptors (Lipinski definition) is 4. The number of carbonyl (C=O) groups is 2. The van der Waals surface area contributed by atoms with Crippen LogP contribution in [0.15, 0.2) is 11.6 Å². The molecule has 0 aromatic rings. The molecule has 4 heteroatoms. The Bertz CT molecular complexity index is 634. The molecule has 4 nitrogen and oxygen atoms in total. The Hall–Kier alpha value is -1.32. The number of allylic oxidation sites excluding steroid dienone is 1. The van der Waals surface area contributed by atoms with Crippen LogP contribution in [0.25, 0.3) is 0 Å². The first-order chi connectivity index (χ1) is 13.2. The molecule has 2 aliphatic rings. The van der Waals surface area contributed by atoms with E-state index < -0.39 is 11.4 Å². The summed E-state index contributed by atoms with van der Waals surface area (Å²) in [5.41, 5.74) is 0.543. The minimum Gasteiger partial charge on any atom is -0.460 e. The molecule has 0 spiro atoms. The van der Waals surface area contributed by atoms with Crippen LogP contribution in [-0.2, 0) is 19.1 Å². The summed E-state index contributed by atoms with van der Waals surface area (Å²) in [5.74, 6) is 0.243. The summed E-state index contributed by atoms with van der Waals surface area (Å²) in [6, 6.07) is 0. The van der Waals surface area contributed by atoms with Crippen LogP contribution >= 0.6 is 0 Å². The minimum atomic E-state index is -0.678. The van der Waals surface area contributed by atoms with Gasteiger partial charge in [-0.05, 0) is 69.1 Å². The van der Waals surface area contributed by atoms with Crippen LogP contribution in [0.5, 0.6) is 0 Å². The highest BCUT2D eigenvalue weighted by molar-refractivity contribution is 5.81. The number of carbonyl (C=O) groups excluding carboxylic acids is 2. The van der Waals surface area contributed by atoms with Crippen LogP contribution in [0, 0.1) is 28.1 Å². The third kappa shape index (κ3) is 6.33. The van der Waals surface area contributed by atoms with Crippen molar-refractivity contribution in [1.82, 2.24) is 0 Å². The van der Waals surface area contributed by atoms with Crippen molar-refractivity contribution in [3.63, 3.8) is 0 Å². The Balaban J connectivity index is 1.92. The lowest BCUT2D eigenvalue weighted by Crippen LogP contribution is -2.45. The quantitative estimate of drug-likeness (QED) is 0.396. The predicted molar refractivity (Wildman–Crippen MR) is 116 cm³/mol. The van der Waals surface area contributed by atoms with Crippen molar-refractivity contribution in [2.45, 2.75) is 100 Å². The summed E-state index contributed by atoms with van der Waals surface area (Å²) in [4.78, 5) is 25.4. The van der Waals surface area contributed by atoms with E-state index in [1.54, 1.807) is 0 Å². The number of esters is 2. The van der Waals surface area contributed by atoms with E-state index in [1.807, 2.05) is 34.6 Å². The number of fused-ring (bicyclic) bond motifs is 2. The van der Waals surface area contributed by atoms with Crippen molar-refractivity contribution in [1.29, 1.82) is 0 Å². The van der Waals surface area contributed by atoms with Crippen LogP contribution in [0.1, 0.15) is 93.9 Å². The SMILES string of the molecule is CC(OC(=O)COC(=O)C(C)(CC(C)(C)C)C(C)(C)C)C1C=C2CCCC(C2)C1. The number of rotatable bonds is 6. The zero-order valence-electron chi connectivity index (χ0n) is 19.9. The minimum absolute atomic E-state index is 0.0252. The third-order valence-corrected chi connectivity index (χ3v) is 6.95. The molecule has 166 valence electrons. The lowest BCUT2D eigenvalue weighted by atomic mass is 9.61. The molecule has 0 radical (unpaired) electrons. The van der Waals surface area contributed by atoms with Crippen molar-refractivity contribution in [2.75, 3.05) is 6.61 Å². The fraction of sp³-hybridized carbons (Fsp3) is 0.840. The second-order valence-electron chi connectivity index (χ2n) is 11.8. The van der Waals surface area contributed by atoms with Gasteiger partial charge in [-0.2, -0.15) is 0 Å². The van der Waals surface area contributed by atoms with Gasteiger partial charge in [-0.3, -0.25) is 4.79 Å². The second kappa shape index (κ2) is 8.81. The topological polar surface area (TPSA) is 52.6 Å². The van der Waals surface area contributed by atoms with Gasteiger partial charge in [-0.1, -0.05) is 53.2 Å². The second-order valence-corrected chi connectivity index (χ2v) is 11.8. The molecule has 0 saturated heterocycles. The summed E-state index contributed by atoms with van der Waals surface area (Å²) >= 11 is 0. The molecule has 2 rings (SSSR count). The van der Waals surface area contributed by atoms with Gasteiger partial charge < -0.3 is 9.47 Å². The molecule has 0 heterocycles. The Labute approximate surface area is 177 Å². The van der Waals surface area contributed by atoms with Gasteiger partial charge in [0.2, 0.25) is 0 Å². The van der Waals surface area contributed by atoms with Crippen LogP contribution in [0.4, 0.5) is 0 Å². The monoisotopic (exact) mass is 406 g/mol. The van der Waals surface area contributed by atoms with E-state index in [9.17, 15) is 9.59 Å². The lowest BCUT2D eigenvalue weighted by Gasteiger charge is -2.43. The molecule has 0 N–H and O–H groups in total. The van der Waals surface area contributed by atoms with Gasteiger partial charge in [0.15, 0.2) is 6.61 Å². The predicted octanol–water partition coefficient (Wildman–Crippen LogP) is 6.09. The van der Waals surface area contributed by atoms with Crippen molar-refractivity contribution in [2.24, 2.45) is 28.1 Å². The maximum atomic E-state index is 13.0. The van der Waals surface area contributed by atoms with E-state index in [2.05, 4.69) is 26.8 Å². The van der Waals surface area contributed by atoms with Crippen molar-refractivity contribution < 1.29 is 19.1 Å². The first kappa shape index (κ1) is 24.0. The van der Waals surface area contributed by atoms with Crippen LogP contribution in [0.3, 0.4) is 0 Å². The molecule has 29 heavy (non-hydrogen) atoms. The zero-order chi connectivity index (χ0) is 22.0. The summed E-state index contributed by atoms with van der Waals surface area (Å²) in [6.45, 7) is 16.1. The Kier molecular flexibility index (Phi) is 7.28. The highest BCUT2D eigenvalue weighted by Crippen LogP contribution is 2.47. The molecule has 1 saturated carbocycles. The van der Waals surface area contributed by atoms with Gasteiger partial charge in [0.25, 0.3) is 0 Å². The standard InChI is InChI=1S/C25H42O4/c1-17(20-13-18-10-9-11-19(12-18)14-20)29-21(26)15-28-22(27)25(8,24(5,6)7)16-23(2,3)4/h13,17,19-20H,9-12,14-16H2,1-8H3. The van der Waals surface area contributed by atoms with E-state index >= 15 is 0 Å². The average Bonchev–Trinajstić information content (AvgIpc) is 2.56. The van der Waals surface area contributed by atoms with Gasteiger partial charge in [0, 0.05) is 5.92 Å². The number of hydrogen-bond donors (Lipinski definition) is 0. The Morgan fingerprint density at radius 1 is 1.14 bits per heavy atom. The molecule has 2 aliphatic carbocycles. The average molecular weight is 407 g/mol. The lowest BCUT2D eigenvalue weighted by molar-refractivity contribution is -0.174. The first-order valence-electron chi connectivity index (χ1n) is 11.3. The van der Waals surface area contributed by atoms with Gasteiger partial charge in [0.05, 0.1) is 5.41 Å². The van der Waals surface area contributed by atoms with Gasteiger partial charge >= 0.3 is 11.9 Å². The van der Waals surface area contributed by atoms with Gasteiger partial charge in [0.1, 0.15) is 6.10 Å². The van der Waals surface area contributed by atoms with Crippen molar-refractivity contribution >= 4 is 11.9 Å². The normalized spacial score (nSPS) is 25.4. The Morgan fingerprint density at radius 2 is 1.79 bits per heavy atom. The van der Waals surface area contributed by atoms with Crippen LogP contribution < -0.4 is 0 Å². The fourth-order valence-corrected chi connectivity index (χ4v) is 4.94. The smallest absolute Gasteiger partial charge is 0.344 e. The van der Waals surface area contributed by atoms with E-state index in [-0.39, 0.29) is 35.4 Å². The van der Waals surface area contributed by atoms with E-state index in [1.165, 1.54) is 31.3 Å². The molecule has 4 atom stereocenters. The van der Waals surface area contributed by atoms with Crippen molar-refractivity contribution in [3.05, 3.63) is 11.6 Å². The largest absolute Gasteiger partial charge is 0.460 e. The first-order valence-corrected chi connectivity index (χ1v) is 11.3.